The first-order valence-electron chi connectivity index (χ1n) is 6.71. The molecule has 0 aliphatic heterocycles. The van der Waals surface area contributed by atoms with E-state index >= 15 is 0 Å². The molecule has 0 saturated heterocycles. The van der Waals surface area contributed by atoms with E-state index in [1.54, 1.807) is 42.5 Å². The molecule has 0 atom stereocenters. The van der Waals surface area contributed by atoms with Crippen LogP contribution < -0.4 is 5.43 Å². The van der Waals surface area contributed by atoms with E-state index in [1.165, 1.54) is 6.21 Å². The van der Waals surface area contributed by atoms with Gasteiger partial charge in [0.1, 0.15) is 11.6 Å². The normalized spacial score (nSPS) is 11.1. The van der Waals surface area contributed by atoms with E-state index in [9.17, 15) is 9.90 Å². The second-order valence-electron chi connectivity index (χ2n) is 4.81. The van der Waals surface area contributed by atoms with Crippen molar-refractivity contribution < 1.29 is 9.90 Å². The lowest BCUT2D eigenvalue weighted by Crippen LogP contribution is -2.17. The predicted molar refractivity (Wildman–Crippen MR) is 84.0 cm³/mol. The first-order chi connectivity index (χ1) is 10.6. The lowest BCUT2D eigenvalue weighted by molar-refractivity contribution is 0.0955. The highest BCUT2D eigenvalue weighted by molar-refractivity contribution is 5.97. The molecule has 0 unspecified atom stereocenters. The topological polar surface area (TPSA) is 90.4 Å². The third-order valence-corrected chi connectivity index (χ3v) is 3.17. The van der Waals surface area contributed by atoms with Crippen molar-refractivity contribution in [3.8, 4) is 5.75 Å². The fourth-order valence-electron chi connectivity index (χ4n) is 2.10. The van der Waals surface area contributed by atoms with Crippen molar-refractivity contribution in [2.75, 3.05) is 0 Å². The highest BCUT2D eigenvalue weighted by atomic mass is 16.3. The highest BCUT2D eigenvalue weighted by Gasteiger charge is 2.07. The van der Waals surface area contributed by atoms with E-state index < -0.39 is 0 Å². The van der Waals surface area contributed by atoms with Crippen LogP contribution in [0.15, 0.2) is 47.6 Å². The number of aromatic amines is 1. The number of hydrogen-bond donors (Lipinski definition) is 3. The van der Waals surface area contributed by atoms with Gasteiger partial charge in [0.15, 0.2) is 0 Å². The molecule has 1 amide bonds. The van der Waals surface area contributed by atoms with Crippen molar-refractivity contribution in [1.29, 1.82) is 0 Å². The van der Waals surface area contributed by atoms with Crippen LogP contribution in [0.1, 0.15) is 21.7 Å². The zero-order valence-electron chi connectivity index (χ0n) is 11.9. The van der Waals surface area contributed by atoms with E-state index in [1.807, 2.05) is 6.92 Å². The van der Waals surface area contributed by atoms with Gasteiger partial charge in [0.05, 0.1) is 17.2 Å². The number of carbonyl (C=O) groups excluding carboxylic acids is 1. The van der Waals surface area contributed by atoms with Crippen LogP contribution in [0.4, 0.5) is 0 Å². The summed E-state index contributed by atoms with van der Waals surface area (Å²) in [7, 11) is 0. The van der Waals surface area contributed by atoms with Crippen molar-refractivity contribution in [2.45, 2.75) is 6.92 Å². The Kier molecular flexibility index (Phi) is 3.57. The van der Waals surface area contributed by atoms with Gasteiger partial charge in [-0.15, -0.1) is 0 Å². The summed E-state index contributed by atoms with van der Waals surface area (Å²) in [6.07, 6.45) is 1.39. The van der Waals surface area contributed by atoms with E-state index in [2.05, 4.69) is 20.5 Å². The number of aryl methyl sites for hydroxylation is 1. The third kappa shape index (κ3) is 2.80. The number of para-hydroxylation sites is 1. The SMILES string of the molecule is Cc1nc2ccc(C(=O)N/N=C/c3ccccc3O)cc2[nH]1. The molecule has 0 aliphatic carbocycles. The van der Waals surface area contributed by atoms with Crippen LogP contribution >= 0.6 is 0 Å². The molecule has 6 heteroatoms. The van der Waals surface area contributed by atoms with E-state index in [-0.39, 0.29) is 11.7 Å². The van der Waals surface area contributed by atoms with E-state index in [4.69, 9.17) is 0 Å². The summed E-state index contributed by atoms with van der Waals surface area (Å²) in [5, 5.41) is 13.5. The first-order valence-corrected chi connectivity index (χ1v) is 6.71. The predicted octanol–water partition coefficient (Wildman–Crippen LogP) is 2.34. The minimum Gasteiger partial charge on any atom is -0.507 e. The number of nitrogens with zero attached hydrogens (tertiary/aromatic N) is 2. The molecule has 22 heavy (non-hydrogen) atoms. The number of imidazole rings is 1. The molecule has 1 heterocycles. The van der Waals surface area contributed by atoms with Gasteiger partial charge in [0, 0.05) is 11.1 Å². The molecule has 0 spiro atoms. The summed E-state index contributed by atoms with van der Waals surface area (Å²) in [5.41, 5.74) is 5.05. The maximum Gasteiger partial charge on any atom is 0.271 e. The molecule has 0 fully saturated rings. The minimum atomic E-state index is -0.333. The van der Waals surface area contributed by atoms with Crippen LogP contribution in [0.3, 0.4) is 0 Å². The Balaban J connectivity index is 1.74. The number of rotatable bonds is 3. The zero-order chi connectivity index (χ0) is 15.5. The number of benzene rings is 2. The average Bonchev–Trinajstić information content (AvgIpc) is 2.88. The molecular formula is C16H14N4O2. The highest BCUT2D eigenvalue weighted by Crippen LogP contribution is 2.14. The number of fused-ring (bicyclic) bond motifs is 1. The lowest BCUT2D eigenvalue weighted by Gasteiger charge is -2.00. The number of phenolic OH excluding ortho intramolecular Hbond substituents is 1. The number of H-pyrrole nitrogens is 1. The van der Waals surface area contributed by atoms with Gasteiger partial charge in [0.2, 0.25) is 0 Å². The Labute approximate surface area is 126 Å². The number of aromatic hydroxyl groups is 1. The average molecular weight is 294 g/mol. The first kappa shape index (κ1) is 13.8. The van der Waals surface area contributed by atoms with Crippen LogP contribution in [0, 0.1) is 6.92 Å². The second kappa shape index (κ2) is 5.69. The number of carbonyl (C=O) groups is 1. The maximum absolute atomic E-state index is 12.0. The zero-order valence-corrected chi connectivity index (χ0v) is 11.9. The Morgan fingerprint density at radius 1 is 1.32 bits per heavy atom. The van der Waals surface area contributed by atoms with Gasteiger partial charge in [-0.25, -0.2) is 10.4 Å². The molecule has 0 bridgehead atoms. The van der Waals surface area contributed by atoms with Gasteiger partial charge in [-0.1, -0.05) is 12.1 Å². The summed E-state index contributed by atoms with van der Waals surface area (Å²) in [4.78, 5) is 19.4. The lowest BCUT2D eigenvalue weighted by atomic mass is 10.2. The van der Waals surface area contributed by atoms with Gasteiger partial charge in [-0.3, -0.25) is 4.79 Å². The van der Waals surface area contributed by atoms with Crippen LogP contribution in [0.2, 0.25) is 0 Å². The van der Waals surface area contributed by atoms with Crippen molar-refractivity contribution in [3.63, 3.8) is 0 Å². The molecule has 3 rings (SSSR count). The number of hydrazone groups is 1. The fourth-order valence-corrected chi connectivity index (χ4v) is 2.10. The Hall–Kier alpha value is -3.15. The van der Waals surface area contributed by atoms with Gasteiger partial charge >= 0.3 is 0 Å². The summed E-state index contributed by atoms with van der Waals surface area (Å²) in [5.74, 6) is 0.570. The molecule has 0 saturated carbocycles. The number of hydrogen-bond acceptors (Lipinski definition) is 4. The van der Waals surface area contributed by atoms with Gasteiger partial charge in [0.25, 0.3) is 5.91 Å². The fraction of sp³-hybridized carbons (Fsp3) is 0.0625. The molecule has 0 aliphatic rings. The summed E-state index contributed by atoms with van der Waals surface area (Å²) in [6.45, 7) is 1.86. The summed E-state index contributed by atoms with van der Waals surface area (Å²) >= 11 is 0. The Bertz CT molecular complexity index is 867. The monoisotopic (exact) mass is 294 g/mol. The van der Waals surface area contributed by atoms with Crippen molar-refractivity contribution >= 4 is 23.2 Å². The second-order valence-corrected chi connectivity index (χ2v) is 4.81. The van der Waals surface area contributed by atoms with Crippen LogP contribution in [0.5, 0.6) is 5.75 Å². The molecule has 3 aromatic rings. The van der Waals surface area contributed by atoms with Crippen LogP contribution in [-0.2, 0) is 0 Å². The Morgan fingerprint density at radius 2 is 2.14 bits per heavy atom. The largest absolute Gasteiger partial charge is 0.507 e. The summed E-state index contributed by atoms with van der Waals surface area (Å²) < 4.78 is 0. The molecular weight excluding hydrogens is 280 g/mol. The molecule has 110 valence electrons. The summed E-state index contributed by atoms with van der Waals surface area (Å²) in [6, 6.07) is 11.9. The molecule has 6 nitrogen and oxygen atoms in total. The number of phenols is 1. The van der Waals surface area contributed by atoms with E-state index in [0.717, 1.165) is 16.9 Å². The minimum absolute atomic E-state index is 0.106. The quantitative estimate of drug-likeness (QED) is 0.511. The van der Waals surface area contributed by atoms with Crippen molar-refractivity contribution in [3.05, 3.63) is 59.4 Å². The standard InChI is InChI=1S/C16H14N4O2/c1-10-18-13-7-6-11(8-14(13)19-10)16(22)20-17-9-12-4-2-3-5-15(12)21/h2-9,21H,1H3,(H,18,19)(H,20,22)/b17-9+. The van der Waals surface area contributed by atoms with E-state index in [0.29, 0.717) is 11.1 Å². The molecule has 1 aromatic heterocycles. The number of amides is 1. The molecule has 2 aromatic carbocycles. The van der Waals surface area contributed by atoms with Crippen LogP contribution in [0.25, 0.3) is 11.0 Å². The van der Waals surface area contributed by atoms with Gasteiger partial charge < -0.3 is 10.1 Å². The Morgan fingerprint density at radius 3 is 2.95 bits per heavy atom. The third-order valence-electron chi connectivity index (χ3n) is 3.17. The smallest absolute Gasteiger partial charge is 0.271 e. The molecule has 3 N–H and O–H groups in total. The van der Waals surface area contributed by atoms with Gasteiger partial charge in [-0.2, -0.15) is 5.10 Å². The number of aromatic nitrogens is 2. The van der Waals surface area contributed by atoms with Crippen LogP contribution in [-0.4, -0.2) is 27.2 Å². The maximum atomic E-state index is 12.0. The van der Waals surface area contributed by atoms with Gasteiger partial charge in [-0.05, 0) is 37.3 Å². The molecule has 0 radical (unpaired) electrons. The van der Waals surface area contributed by atoms with Crippen molar-refractivity contribution in [2.24, 2.45) is 5.10 Å². The van der Waals surface area contributed by atoms with Crippen molar-refractivity contribution in [1.82, 2.24) is 15.4 Å². The number of nitrogens with one attached hydrogen (secondary N) is 2.